The van der Waals surface area contributed by atoms with E-state index in [9.17, 15) is 9.59 Å². The molecule has 0 aromatic carbocycles. The molecule has 3 aliphatic rings. The van der Waals surface area contributed by atoms with Gasteiger partial charge in [0.05, 0.1) is 5.92 Å². The summed E-state index contributed by atoms with van der Waals surface area (Å²) in [4.78, 5) is 31.8. The summed E-state index contributed by atoms with van der Waals surface area (Å²) in [5.74, 6) is 0.549. The normalized spacial score (nSPS) is 29.0. The Balaban J connectivity index is 1.55. The van der Waals surface area contributed by atoms with Crippen LogP contribution in [-0.4, -0.2) is 71.8 Å². The number of hydrogen-bond acceptors (Lipinski definition) is 3. The average molecular weight is 335 g/mol. The van der Waals surface area contributed by atoms with Crippen molar-refractivity contribution in [3.05, 3.63) is 0 Å². The lowest BCUT2D eigenvalue weighted by Crippen LogP contribution is -2.53. The Kier molecular flexibility index (Phi) is 6.14. The average Bonchev–Trinajstić information content (AvgIpc) is 3.16. The number of carbonyl (C=O) groups excluding carboxylic acids is 2. The molecule has 0 aromatic heterocycles. The van der Waals surface area contributed by atoms with Crippen LogP contribution in [0.3, 0.4) is 0 Å². The lowest BCUT2D eigenvalue weighted by Gasteiger charge is -2.40. The molecule has 3 rings (SSSR count). The van der Waals surface area contributed by atoms with Crippen LogP contribution < -0.4 is 0 Å². The van der Waals surface area contributed by atoms with Crippen molar-refractivity contribution >= 4 is 11.8 Å². The van der Waals surface area contributed by atoms with Crippen molar-refractivity contribution in [3.63, 3.8) is 0 Å². The van der Waals surface area contributed by atoms with Gasteiger partial charge in [-0.15, -0.1) is 0 Å². The molecule has 24 heavy (non-hydrogen) atoms. The molecule has 0 spiro atoms. The maximum atomic E-state index is 13.0. The van der Waals surface area contributed by atoms with E-state index in [0.717, 1.165) is 45.3 Å². The van der Waals surface area contributed by atoms with Crippen LogP contribution in [0.1, 0.15) is 58.3 Å². The second kappa shape index (κ2) is 8.32. The van der Waals surface area contributed by atoms with Gasteiger partial charge in [0.15, 0.2) is 0 Å². The number of nitrogens with zero attached hydrogens (tertiary/aromatic N) is 3. The quantitative estimate of drug-likeness (QED) is 0.790. The van der Waals surface area contributed by atoms with Crippen LogP contribution in [0, 0.1) is 5.92 Å². The monoisotopic (exact) mass is 335 g/mol. The summed E-state index contributed by atoms with van der Waals surface area (Å²) < 4.78 is 0. The van der Waals surface area contributed by atoms with Gasteiger partial charge in [0, 0.05) is 38.6 Å². The Morgan fingerprint density at radius 2 is 1.58 bits per heavy atom. The molecule has 0 aromatic rings. The first-order valence-electron chi connectivity index (χ1n) is 9.99. The van der Waals surface area contributed by atoms with Crippen LogP contribution in [0.4, 0.5) is 0 Å². The Labute approximate surface area is 146 Å². The first kappa shape index (κ1) is 17.7. The topological polar surface area (TPSA) is 43.9 Å². The number of carbonyl (C=O) groups is 2. The van der Waals surface area contributed by atoms with Crippen LogP contribution in [0.15, 0.2) is 0 Å². The lowest BCUT2D eigenvalue weighted by atomic mass is 9.94. The van der Waals surface area contributed by atoms with Gasteiger partial charge in [0.2, 0.25) is 11.8 Å². The van der Waals surface area contributed by atoms with Crippen molar-refractivity contribution in [3.8, 4) is 0 Å². The fourth-order valence-corrected chi connectivity index (χ4v) is 4.60. The molecule has 0 N–H and O–H groups in total. The van der Waals surface area contributed by atoms with Crippen molar-refractivity contribution in [2.24, 2.45) is 5.92 Å². The smallest absolute Gasteiger partial charge is 0.227 e. The number of hydrogen-bond donors (Lipinski definition) is 0. The molecule has 5 nitrogen and oxygen atoms in total. The maximum Gasteiger partial charge on any atom is 0.227 e. The number of likely N-dealkylation sites (tertiary alicyclic amines) is 3. The first-order chi connectivity index (χ1) is 11.7. The molecule has 0 saturated carbocycles. The fourth-order valence-electron chi connectivity index (χ4n) is 4.60. The Bertz CT molecular complexity index is 448. The molecule has 3 heterocycles. The van der Waals surface area contributed by atoms with Crippen molar-refractivity contribution in [2.75, 3.05) is 39.3 Å². The van der Waals surface area contributed by atoms with E-state index in [-0.39, 0.29) is 11.8 Å². The van der Waals surface area contributed by atoms with Crippen LogP contribution in [-0.2, 0) is 9.59 Å². The van der Waals surface area contributed by atoms with Crippen molar-refractivity contribution in [1.82, 2.24) is 14.7 Å². The van der Waals surface area contributed by atoms with E-state index >= 15 is 0 Å². The molecule has 5 heteroatoms. The summed E-state index contributed by atoms with van der Waals surface area (Å²) >= 11 is 0. The van der Waals surface area contributed by atoms with E-state index in [1.54, 1.807) is 0 Å². The van der Waals surface area contributed by atoms with Gasteiger partial charge in [-0.2, -0.15) is 0 Å². The van der Waals surface area contributed by atoms with Gasteiger partial charge in [-0.25, -0.2) is 0 Å². The zero-order valence-electron chi connectivity index (χ0n) is 15.2. The highest BCUT2D eigenvalue weighted by Gasteiger charge is 2.34. The van der Waals surface area contributed by atoms with Gasteiger partial charge in [-0.3, -0.25) is 14.5 Å². The second-order valence-corrected chi connectivity index (χ2v) is 7.75. The highest BCUT2D eigenvalue weighted by Crippen LogP contribution is 2.25. The highest BCUT2D eigenvalue weighted by molar-refractivity contribution is 5.81. The molecule has 0 radical (unpaired) electrons. The molecule has 2 atom stereocenters. The molecule has 0 bridgehead atoms. The first-order valence-corrected chi connectivity index (χ1v) is 9.99. The maximum absolute atomic E-state index is 13.0. The SMILES string of the molecule is CCCC(=O)N1CCCC(C(=O)N2CCCC(N3CCCC3)C2)C1. The number of rotatable bonds is 4. The van der Waals surface area contributed by atoms with E-state index in [1.807, 2.05) is 11.8 Å². The Morgan fingerprint density at radius 1 is 0.875 bits per heavy atom. The van der Waals surface area contributed by atoms with E-state index in [4.69, 9.17) is 0 Å². The lowest BCUT2D eigenvalue weighted by molar-refractivity contribution is -0.142. The zero-order valence-corrected chi connectivity index (χ0v) is 15.2. The molecule has 2 amide bonds. The number of piperidine rings is 2. The Hall–Kier alpha value is -1.10. The fraction of sp³-hybridized carbons (Fsp3) is 0.895. The van der Waals surface area contributed by atoms with Crippen molar-refractivity contribution < 1.29 is 9.59 Å². The standard InChI is InChI=1S/C19H33N3O2/c1-2-7-18(23)21-12-5-8-16(14-21)19(24)22-13-6-9-17(15-22)20-10-3-4-11-20/h16-17H,2-15H2,1H3. The van der Waals surface area contributed by atoms with Crippen LogP contribution in [0.25, 0.3) is 0 Å². The van der Waals surface area contributed by atoms with Gasteiger partial charge < -0.3 is 9.80 Å². The minimum atomic E-state index is 0.0249. The summed E-state index contributed by atoms with van der Waals surface area (Å²) in [6, 6.07) is 0.562. The van der Waals surface area contributed by atoms with Gasteiger partial charge in [0.1, 0.15) is 0 Å². The highest BCUT2D eigenvalue weighted by atomic mass is 16.2. The molecule has 2 unspecified atom stereocenters. The van der Waals surface area contributed by atoms with Crippen molar-refractivity contribution in [2.45, 2.75) is 64.3 Å². The third kappa shape index (κ3) is 4.11. The van der Waals surface area contributed by atoms with E-state index in [1.165, 1.54) is 32.4 Å². The molecular weight excluding hydrogens is 302 g/mol. The van der Waals surface area contributed by atoms with E-state index in [0.29, 0.717) is 24.9 Å². The molecule has 3 fully saturated rings. The minimum Gasteiger partial charge on any atom is -0.342 e. The Morgan fingerprint density at radius 3 is 2.33 bits per heavy atom. The minimum absolute atomic E-state index is 0.0249. The molecule has 136 valence electrons. The van der Waals surface area contributed by atoms with Gasteiger partial charge >= 0.3 is 0 Å². The largest absolute Gasteiger partial charge is 0.342 e. The summed E-state index contributed by atoms with van der Waals surface area (Å²) in [7, 11) is 0. The zero-order chi connectivity index (χ0) is 16.9. The van der Waals surface area contributed by atoms with Crippen molar-refractivity contribution in [1.29, 1.82) is 0 Å². The molecule has 0 aliphatic carbocycles. The molecule has 3 saturated heterocycles. The second-order valence-electron chi connectivity index (χ2n) is 7.75. The predicted molar refractivity (Wildman–Crippen MR) is 94.6 cm³/mol. The third-order valence-electron chi connectivity index (χ3n) is 5.95. The summed E-state index contributed by atoms with van der Waals surface area (Å²) in [5.41, 5.74) is 0. The summed E-state index contributed by atoms with van der Waals surface area (Å²) in [6.45, 7) is 7.73. The van der Waals surface area contributed by atoms with E-state index in [2.05, 4.69) is 9.80 Å². The summed E-state index contributed by atoms with van der Waals surface area (Å²) in [5, 5.41) is 0. The summed E-state index contributed by atoms with van der Waals surface area (Å²) in [6.07, 6.45) is 8.38. The van der Waals surface area contributed by atoms with Crippen LogP contribution in [0.5, 0.6) is 0 Å². The van der Waals surface area contributed by atoms with Gasteiger partial charge in [-0.05, 0) is 58.0 Å². The molecule has 3 aliphatic heterocycles. The predicted octanol–water partition coefficient (Wildman–Crippen LogP) is 2.11. The van der Waals surface area contributed by atoms with Crippen LogP contribution >= 0.6 is 0 Å². The van der Waals surface area contributed by atoms with Gasteiger partial charge in [-0.1, -0.05) is 6.92 Å². The third-order valence-corrected chi connectivity index (χ3v) is 5.95. The van der Waals surface area contributed by atoms with Crippen LogP contribution in [0.2, 0.25) is 0 Å². The van der Waals surface area contributed by atoms with E-state index < -0.39 is 0 Å². The number of amides is 2. The molecular formula is C19H33N3O2. The van der Waals surface area contributed by atoms with Gasteiger partial charge in [0.25, 0.3) is 0 Å².